The van der Waals surface area contributed by atoms with Crippen molar-refractivity contribution in [2.75, 3.05) is 18.4 Å². The standard InChI is InChI=1S/C20H19N5O4S2/c1-13-22-19(24-29-13)16-9-18(30-12-16)31(27,28)25-7-3-5-15(11-25)20(26)23-17-6-2-4-14(8-17)10-21/h2,4,6,8-9,12,15H,3,5,7,11H2,1H3,(H,23,26). The number of carbonyl (C=O) groups is 1. The van der Waals surface area contributed by atoms with Crippen molar-refractivity contribution < 1.29 is 17.7 Å². The van der Waals surface area contributed by atoms with Crippen LogP contribution in [0.4, 0.5) is 5.69 Å². The maximum absolute atomic E-state index is 13.2. The molecule has 1 aliphatic rings. The van der Waals surface area contributed by atoms with Crippen LogP contribution in [0, 0.1) is 24.2 Å². The molecule has 4 rings (SSSR count). The van der Waals surface area contributed by atoms with E-state index in [-0.39, 0.29) is 16.7 Å². The number of thiophene rings is 1. The molecule has 1 unspecified atom stereocenters. The first-order valence-corrected chi connectivity index (χ1v) is 11.9. The van der Waals surface area contributed by atoms with Crippen molar-refractivity contribution in [2.45, 2.75) is 24.0 Å². The summed E-state index contributed by atoms with van der Waals surface area (Å²) in [5.74, 6) is -0.000756. The average Bonchev–Trinajstić information content (AvgIpc) is 3.43. The van der Waals surface area contributed by atoms with Gasteiger partial charge < -0.3 is 9.84 Å². The highest BCUT2D eigenvalue weighted by molar-refractivity contribution is 7.91. The van der Waals surface area contributed by atoms with Crippen LogP contribution < -0.4 is 5.32 Å². The van der Waals surface area contributed by atoms with Gasteiger partial charge in [-0.05, 0) is 37.1 Å². The molecule has 1 aliphatic heterocycles. The first-order valence-electron chi connectivity index (χ1n) is 9.57. The molecule has 1 N–H and O–H groups in total. The molecular weight excluding hydrogens is 438 g/mol. The van der Waals surface area contributed by atoms with E-state index in [0.717, 1.165) is 11.3 Å². The summed E-state index contributed by atoms with van der Waals surface area (Å²) in [5.41, 5.74) is 1.53. The molecule has 0 radical (unpaired) electrons. The van der Waals surface area contributed by atoms with Crippen molar-refractivity contribution >= 4 is 33.0 Å². The number of benzene rings is 1. The second-order valence-corrected chi connectivity index (χ2v) is 10.3. The SMILES string of the molecule is Cc1nc(-c2csc(S(=O)(=O)N3CCCC(C(=O)Nc4cccc(C#N)c4)C3)c2)no1. The van der Waals surface area contributed by atoms with Crippen LogP contribution in [-0.4, -0.2) is 41.9 Å². The number of amides is 1. The Kier molecular flexibility index (Phi) is 5.86. The van der Waals surface area contributed by atoms with E-state index in [4.69, 9.17) is 9.78 Å². The topological polar surface area (TPSA) is 129 Å². The third-order valence-electron chi connectivity index (χ3n) is 4.97. The first-order chi connectivity index (χ1) is 14.9. The lowest BCUT2D eigenvalue weighted by molar-refractivity contribution is -0.120. The molecule has 160 valence electrons. The van der Waals surface area contributed by atoms with Gasteiger partial charge in [0.25, 0.3) is 10.0 Å². The van der Waals surface area contributed by atoms with E-state index >= 15 is 0 Å². The number of hydrogen-bond acceptors (Lipinski definition) is 8. The Hall–Kier alpha value is -3.07. The second-order valence-electron chi connectivity index (χ2n) is 7.18. The van der Waals surface area contributed by atoms with E-state index < -0.39 is 15.9 Å². The zero-order chi connectivity index (χ0) is 22.0. The molecule has 31 heavy (non-hydrogen) atoms. The normalized spacial score (nSPS) is 17.2. The average molecular weight is 458 g/mol. The summed E-state index contributed by atoms with van der Waals surface area (Å²) < 4.78 is 32.8. The molecule has 0 spiro atoms. The third kappa shape index (κ3) is 4.51. The van der Waals surface area contributed by atoms with Crippen LogP contribution in [-0.2, 0) is 14.8 Å². The smallest absolute Gasteiger partial charge is 0.252 e. The summed E-state index contributed by atoms with van der Waals surface area (Å²) in [4.78, 5) is 16.9. The number of nitrogens with zero attached hydrogens (tertiary/aromatic N) is 4. The van der Waals surface area contributed by atoms with E-state index in [2.05, 4.69) is 15.5 Å². The van der Waals surface area contributed by atoms with Gasteiger partial charge in [0.05, 0.1) is 17.6 Å². The van der Waals surface area contributed by atoms with Crippen LogP contribution in [0.3, 0.4) is 0 Å². The molecule has 1 atom stereocenters. The molecule has 2 aromatic heterocycles. The van der Waals surface area contributed by atoms with Crippen LogP contribution in [0.25, 0.3) is 11.4 Å². The molecule has 3 heterocycles. The van der Waals surface area contributed by atoms with Crippen LogP contribution in [0.1, 0.15) is 24.3 Å². The second kappa shape index (κ2) is 8.58. The minimum Gasteiger partial charge on any atom is -0.339 e. The number of sulfonamides is 1. The van der Waals surface area contributed by atoms with E-state index in [9.17, 15) is 13.2 Å². The Bertz CT molecular complexity index is 1260. The number of hydrogen-bond donors (Lipinski definition) is 1. The molecule has 1 fully saturated rings. The van der Waals surface area contributed by atoms with Gasteiger partial charge in [-0.2, -0.15) is 14.6 Å². The third-order valence-corrected chi connectivity index (χ3v) is 8.25. The Labute approximate surface area is 183 Å². The predicted molar refractivity (Wildman–Crippen MR) is 114 cm³/mol. The Morgan fingerprint density at radius 2 is 2.23 bits per heavy atom. The quantitative estimate of drug-likeness (QED) is 0.623. The molecule has 1 saturated heterocycles. The van der Waals surface area contributed by atoms with E-state index in [1.165, 1.54) is 10.4 Å². The fourth-order valence-electron chi connectivity index (χ4n) is 3.40. The number of anilines is 1. The molecule has 0 saturated carbocycles. The molecule has 1 aromatic carbocycles. The van der Waals surface area contributed by atoms with Gasteiger partial charge in [-0.3, -0.25) is 4.79 Å². The number of aromatic nitrogens is 2. The van der Waals surface area contributed by atoms with Crippen LogP contribution >= 0.6 is 11.3 Å². The Balaban J connectivity index is 1.48. The highest BCUT2D eigenvalue weighted by Gasteiger charge is 2.34. The summed E-state index contributed by atoms with van der Waals surface area (Å²) in [6.45, 7) is 2.11. The number of aryl methyl sites for hydroxylation is 1. The number of carbonyl (C=O) groups excluding carboxylic acids is 1. The fourth-order valence-corrected chi connectivity index (χ4v) is 6.23. The summed E-state index contributed by atoms with van der Waals surface area (Å²) in [6, 6.07) is 10.2. The lowest BCUT2D eigenvalue weighted by atomic mass is 9.98. The molecular formula is C20H19N5O4S2. The number of nitriles is 1. The molecule has 9 nitrogen and oxygen atoms in total. The van der Waals surface area contributed by atoms with Crippen LogP contribution in [0.15, 0.2) is 44.4 Å². The maximum Gasteiger partial charge on any atom is 0.252 e. The fraction of sp³-hybridized carbons (Fsp3) is 0.300. The molecule has 3 aromatic rings. The predicted octanol–water partition coefficient (Wildman–Crippen LogP) is 3.02. The van der Waals surface area contributed by atoms with Gasteiger partial charge in [-0.15, -0.1) is 11.3 Å². The van der Waals surface area contributed by atoms with Gasteiger partial charge in [0, 0.05) is 36.6 Å². The highest BCUT2D eigenvalue weighted by atomic mass is 32.2. The summed E-state index contributed by atoms with van der Waals surface area (Å²) in [5, 5.41) is 17.3. The minimum atomic E-state index is -3.75. The molecule has 11 heteroatoms. The van der Waals surface area contributed by atoms with Crippen molar-refractivity contribution in [3.8, 4) is 17.5 Å². The minimum absolute atomic E-state index is 0.0979. The molecule has 0 aliphatic carbocycles. The number of rotatable bonds is 5. The van der Waals surface area contributed by atoms with E-state index in [0.29, 0.717) is 47.9 Å². The maximum atomic E-state index is 13.2. The summed E-state index contributed by atoms with van der Waals surface area (Å²) in [6.07, 6.45) is 1.17. The lowest BCUT2D eigenvalue weighted by Gasteiger charge is -2.30. The number of nitrogens with one attached hydrogen (secondary N) is 1. The van der Waals surface area contributed by atoms with Crippen molar-refractivity contribution in [2.24, 2.45) is 5.92 Å². The van der Waals surface area contributed by atoms with Gasteiger partial charge in [-0.1, -0.05) is 11.2 Å². The van der Waals surface area contributed by atoms with Gasteiger partial charge in [-0.25, -0.2) is 8.42 Å². The Morgan fingerprint density at radius 1 is 1.39 bits per heavy atom. The molecule has 0 bridgehead atoms. The van der Waals surface area contributed by atoms with E-state index in [1.54, 1.807) is 36.6 Å². The Morgan fingerprint density at radius 3 is 2.97 bits per heavy atom. The van der Waals surface area contributed by atoms with Crippen molar-refractivity contribution in [3.05, 3.63) is 47.2 Å². The highest BCUT2D eigenvalue weighted by Crippen LogP contribution is 2.31. The van der Waals surface area contributed by atoms with Gasteiger partial charge >= 0.3 is 0 Å². The van der Waals surface area contributed by atoms with Gasteiger partial charge in [0.2, 0.25) is 17.6 Å². The van der Waals surface area contributed by atoms with Crippen molar-refractivity contribution in [1.82, 2.24) is 14.4 Å². The largest absolute Gasteiger partial charge is 0.339 e. The van der Waals surface area contributed by atoms with Crippen LogP contribution in [0.5, 0.6) is 0 Å². The summed E-state index contributed by atoms with van der Waals surface area (Å²) in [7, 11) is -3.75. The van der Waals surface area contributed by atoms with E-state index in [1.807, 2.05) is 6.07 Å². The van der Waals surface area contributed by atoms with Crippen molar-refractivity contribution in [1.29, 1.82) is 5.26 Å². The van der Waals surface area contributed by atoms with Crippen LogP contribution in [0.2, 0.25) is 0 Å². The first kappa shape index (κ1) is 21.2. The summed E-state index contributed by atoms with van der Waals surface area (Å²) >= 11 is 1.09. The van der Waals surface area contributed by atoms with Crippen molar-refractivity contribution in [3.63, 3.8) is 0 Å². The number of piperidine rings is 1. The van der Waals surface area contributed by atoms with Gasteiger partial charge in [0.1, 0.15) is 4.21 Å². The lowest BCUT2D eigenvalue weighted by Crippen LogP contribution is -2.43. The zero-order valence-corrected chi connectivity index (χ0v) is 18.2. The monoisotopic (exact) mass is 457 g/mol. The van der Waals surface area contributed by atoms with Gasteiger partial charge in [0.15, 0.2) is 0 Å². The zero-order valence-electron chi connectivity index (χ0n) is 16.6. The molecule has 1 amide bonds.